The molecule has 1 atom stereocenters. The van der Waals surface area contributed by atoms with E-state index >= 15 is 0 Å². The van der Waals surface area contributed by atoms with Gasteiger partial charge in [0.05, 0.1) is 12.1 Å². The number of hydrogen-bond donors (Lipinski definition) is 0. The summed E-state index contributed by atoms with van der Waals surface area (Å²) in [5, 5.41) is 0. The van der Waals surface area contributed by atoms with Crippen molar-refractivity contribution in [1.82, 2.24) is 0 Å². The Balaban J connectivity index is 2.23. The molecule has 0 fully saturated rings. The topological polar surface area (TPSA) is 43.4 Å². The smallest absolute Gasteiger partial charge is 0.261 e. The standard InChI is InChI=1S/C15H15ClO3S/c1-20(17,18)19-15(11-16)14-9-7-13(8-10-14)12-5-3-2-4-6-12/h2-10,15H,11H2,1H3. The number of alkyl halides is 1. The Bertz CT molecular complexity index is 651. The van der Waals surface area contributed by atoms with Crippen molar-refractivity contribution in [2.24, 2.45) is 0 Å². The van der Waals surface area contributed by atoms with Crippen molar-refractivity contribution < 1.29 is 12.6 Å². The maximum atomic E-state index is 11.2. The normalized spacial score (nSPS) is 13.1. The quantitative estimate of drug-likeness (QED) is 0.626. The van der Waals surface area contributed by atoms with Gasteiger partial charge in [0.15, 0.2) is 0 Å². The van der Waals surface area contributed by atoms with Crippen molar-refractivity contribution in [3.05, 3.63) is 60.2 Å². The lowest BCUT2D eigenvalue weighted by molar-refractivity contribution is 0.240. The number of halogens is 1. The number of rotatable bonds is 5. The van der Waals surface area contributed by atoms with Crippen LogP contribution < -0.4 is 0 Å². The molecule has 0 aromatic heterocycles. The molecule has 0 amide bonds. The molecule has 0 aliphatic heterocycles. The molecule has 0 heterocycles. The molecule has 3 nitrogen and oxygen atoms in total. The minimum atomic E-state index is -3.53. The summed E-state index contributed by atoms with van der Waals surface area (Å²) in [7, 11) is -3.53. The van der Waals surface area contributed by atoms with Crippen molar-refractivity contribution in [1.29, 1.82) is 0 Å². The second kappa shape index (κ2) is 6.39. The van der Waals surface area contributed by atoms with Crippen LogP contribution in [0.25, 0.3) is 11.1 Å². The van der Waals surface area contributed by atoms with Crippen LogP contribution in [0.3, 0.4) is 0 Å². The number of hydrogen-bond acceptors (Lipinski definition) is 3. The summed E-state index contributed by atoms with van der Waals surface area (Å²) in [4.78, 5) is 0. The summed E-state index contributed by atoms with van der Waals surface area (Å²) < 4.78 is 27.3. The molecule has 5 heteroatoms. The fraction of sp³-hybridized carbons (Fsp3) is 0.200. The second-order valence-corrected chi connectivity index (χ2v) is 6.34. The molecule has 0 N–H and O–H groups in total. The third kappa shape index (κ3) is 4.07. The van der Waals surface area contributed by atoms with E-state index in [0.29, 0.717) is 0 Å². The van der Waals surface area contributed by atoms with Gasteiger partial charge < -0.3 is 0 Å². The molecule has 2 aromatic rings. The Morgan fingerprint density at radius 3 is 2.05 bits per heavy atom. The molecule has 0 saturated carbocycles. The minimum Gasteiger partial charge on any atom is -0.261 e. The summed E-state index contributed by atoms with van der Waals surface area (Å²) in [5.74, 6) is 0.0811. The van der Waals surface area contributed by atoms with E-state index in [0.717, 1.165) is 22.9 Å². The van der Waals surface area contributed by atoms with Gasteiger partial charge >= 0.3 is 0 Å². The molecule has 0 aliphatic carbocycles. The zero-order valence-corrected chi connectivity index (χ0v) is 12.6. The van der Waals surface area contributed by atoms with E-state index in [9.17, 15) is 8.42 Å². The third-order valence-corrected chi connectivity index (χ3v) is 3.68. The summed E-state index contributed by atoms with van der Waals surface area (Å²) >= 11 is 5.78. The zero-order valence-electron chi connectivity index (χ0n) is 11.0. The number of benzene rings is 2. The van der Waals surface area contributed by atoms with Crippen LogP contribution in [0.5, 0.6) is 0 Å². The Morgan fingerprint density at radius 2 is 1.55 bits per heavy atom. The lowest BCUT2D eigenvalue weighted by Gasteiger charge is -2.14. The summed E-state index contributed by atoms with van der Waals surface area (Å²) in [6.07, 6.45) is 0.363. The van der Waals surface area contributed by atoms with E-state index < -0.39 is 16.2 Å². The first-order valence-electron chi connectivity index (χ1n) is 6.09. The van der Waals surface area contributed by atoms with E-state index in [4.69, 9.17) is 15.8 Å². The summed E-state index contributed by atoms with van der Waals surface area (Å²) in [5.41, 5.74) is 2.90. The van der Waals surface area contributed by atoms with Crippen LogP contribution in [0.2, 0.25) is 0 Å². The predicted molar refractivity (Wildman–Crippen MR) is 81.3 cm³/mol. The fourth-order valence-electron chi connectivity index (χ4n) is 1.90. The van der Waals surface area contributed by atoms with Gasteiger partial charge in [0.2, 0.25) is 0 Å². The molecule has 0 aliphatic rings. The van der Waals surface area contributed by atoms with Gasteiger partial charge in [-0.05, 0) is 16.7 Å². The average molecular weight is 311 g/mol. The molecule has 1 unspecified atom stereocenters. The van der Waals surface area contributed by atoms with Crippen LogP contribution in [0.1, 0.15) is 11.7 Å². The molecule has 0 radical (unpaired) electrons. The van der Waals surface area contributed by atoms with Gasteiger partial charge in [0.25, 0.3) is 10.1 Å². The SMILES string of the molecule is CS(=O)(=O)OC(CCl)c1ccc(-c2ccccc2)cc1. The van der Waals surface area contributed by atoms with E-state index in [2.05, 4.69) is 0 Å². The minimum absolute atomic E-state index is 0.0811. The maximum absolute atomic E-state index is 11.2. The van der Waals surface area contributed by atoms with Gasteiger partial charge in [-0.15, -0.1) is 11.6 Å². The summed E-state index contributed by atoms with van der Waals surface area (Å²) in [6, 6.07) is 17.4. The average Bonchev–Trinajstić information content (AvgIpc) is 2.45. The largest absolute Gasteiger partial charge is 0.265 e. The second-order valence-electron chi connectivity index (χ2n) is 4.43. The molecule has 0 saturated heterocycles. The van der Waals surface area contributed by atoms with Gasteiger partial charge in [-0.25, -0.2) is 0 Å². The Kier molecular flexibility index (Phi) is 4.81. The molecule has 0 bridgehead atoms. The van der Waals surface area contributed by atoms with Crippen molar-refractivity contribution in [2.45, 2.75) is 6.10 Å². The first-order chi connectivity index (χ1) is 9.49. The van der Waals surface area contributed by atoms with Crippen LogP contribution in [0.15, 0.2) is 54.6 Å². The highest BCUT2D eigenvalue weighted by Gasteiger charge is 2.16. The molecule has 0 spiro atoms. The highest BCUT2D eigenvalue weighted by molar-refractivity contribution is 7.86. The zero-order chi connectivity index (χ0) is 14.6. The Labute approximate surface area is 124 Å². The molecular weight excluding hydrogens is 296 g/mol. The molecule has 20 heavy (non-hydrogen) atoms. The van der Waals surface area contributed by atoms with Crippen LogP contribution in [0, 0.1) is 0 Å². The van der Waals surface area contributed by atoms with Gasteiger partial charge in [-0.2, -0.15) is 8.42 Å². The van der Waals surface area contributed by atoms with Gasteiger partial charge in [-0.3, -0.25) is 4.18 Å². The molecule has 106 valence electrons. The van der Waals surface area contributed by atoms with Crippen molar-refractivity contribution in [2.75, 3.05) is 12.1 Å². The van der Waals surface area contributed by atoms with E-state index in [1.54, 1.807) is 0 Å². The monoisotopic (exact) mass is 310 g/mol. The predicted octanol–water partition coefficient (Wildman–Crippen LogP) is 3.61. The Hall–Kier alpha value is -1.36. The van der Waals surface area contributed by atoms with Gasteiger partial charge in [-0.1, -0.05) is 54.6 Å². The molecule has 2 aromatic carbocycles. The van der Waals surface area contributed by atoms with E-state index in [1.807, 2.05) is 54.6 Å². The van der Waals surface area contributed by atoms with E-state index in [-0.39, 0.29) is 5.88 Å². The van der Waals surface area contributed by atoms with E-state index in [1.165, 1.54) is 0 Å². The molecular formula is C15H15ClO3S. The van der Waals surface area contributed by atoms with Gasteiger partial charge in [0, 0.05) is 0 Å². The van der Waals surface area contributed by atoms with Gasteiger partial charge in [0.1, 0.15) is 6.10 Å². The molecule has 2 rings (SSSR count). The highest BCUT2D eigenvalue weighted by atomic mass is 35.5. The summed E-state index contributed by atoms with van der Waals surface area (Å²) in [6.45, 7) is 0. The lowest BCUT2D eigenvalue weighted by atomic mass is 10.0. The highest BCUT2D eigenvalue weighted by Crippen LogP contribution is 2.25. The lowest BCUT2D eigenvalue weighted by Crippen LogP contribution is -2.11. The third-order valence-electron chi connectivity index (χ3n) is 2.82. The first kappa shape index (κ1) is 15.0. The van der Waals surface area contributed by atoms with Crippen LogP contribution in [0.4, 0.5) is 0 Å². The van der Waals surface area contributed by atoms with Crippen molar-refractivity contribution in [3.63, 3.8) is 0 Å². The maximum Gasteiger partial charge on any atom is 0.265 e. The van der Waals surface area contributed by atoms with Crippen molar-refractivity contribution >= 4 is 21.7 Å². The van der Waals surface area contributed by atoms with Crippen molar-refractivity contribution in [3.8, 4) is 11.1 Å². The van der Waals surface area contributed by atoms with Crippen LogP contribution in [-0.4, -0.2) is 20.6 Å². The Morgan fingerprint density at radius 1 is 1.00 bits per heavy atom. The van der Waals surface area contributed by atoms with Crippen LogP contribution >= 0.6 is 11.6 Å². The fourth-order valence-corrected chi connectivity index (χ4v) is 2.82. The first-order valence-corrected chi connectivity index (χ1v) is 8.44. The van der Waals surface area contributed by atoms with Crippen LogP contribution in [-0.2, 0) is 14.3 Å².